The maximum Gasteiger partial charge on any atom is 0.242 e. The number of thiazole rings is 2. The van der Waals surface area contributed by atoms with E-state index in [9.17, 15) is 9.59 Å². The third-order valence-corrected chi connectivity index (χ3v) is 7.62. The molecular weight excluding hydrogens is 453 g/mol. The lowest BCUT2D eigenvalue weighted by atomic mass is 10.3. The fraction of sp³-hybridized carbons (Fsp3) is 0.500. The van der Waals surface area contributed by atoms with Crippen LogP contribution >= 0.6 is 22.7 Å². The van der Waals surface area contributed by atoms with Gasteiger partial charge in [-0.25, -0.2) is 14.4 Å². The highest BCUT2D eigenvalue weighted by Gasteiger charge is 2.20. The Bertz CT molecular complexity index is 1150. The van der Waals surface area contributed by atoms with Gasteiger partial charge in [0.15, 0.2) is 16.1 Å². The van der Waals surface area contributed by atoms with Crippen molar-refractivity contribution in [2.24, 2.45) is 0 Å². The quantitative estimate of drug-likeness (QED) is 0.499. The molecule has 4 heterocycles. The maximum atomic E-state index is 15.1. The van der Waals surface area contributed by atoms with Gasteiger partial charge in [-0.2, -0.15) is 0 Å². The van der Waals surface area contributed by atoms with E-state index in [1.54, 1.807) is 4.90 Å². The number of carbonyl (C=O) groups excluding carboxylic acids is 2. The lowest BCUT2D eigenvalue weighted by Gasteiger charge is -2.27. The van der Waals surface area contributed by atoms with E-state index in [1.165, 1.54) is 22.7 Å². The number of anilines is 2. The number of halogens is 1. The Kier molecular flexibility index (Phi) is 6.07. The molecule has 0 saturated carbocycles. The molecule has 12 heteroatoms. The van der Waals surface area contributed by atoms with Gasteiger partial charge in [-0.15, -0.1) is 0 Å². The molecule has 0 spiro atoms. The normalized spacial score (nSPS) is 16.8. The van der Waals surface area contributed by atoms with Crippen LogP contribution in [-0.2, 0) is 9.59 Å². The largest absolute Gasteiger partial charge is 0.352 e. The zero-order valence-corrected chi connectivity index (χ0v) is 19.1. The van der Waals surface area contributed by atoms with Crippen molar-refractivity contribution in [1.82, 2.24) is 25.1 Å². The third kappa shape index (κ3) is 4.34. The molecule has 170 valence electrons. The first kappa shape index (κ1) is 21.3. The third-order valence-electron chi connectivity index (χ3n) is 5.69. The van der Waals surface area contributed by atoms with E-state index in [2.05, 4.69) is 25.9 Å². The highest BCUT2D eigenvalue weighted by atomic mass is 32.1. The van der Waals surface area contributed by atoms with Crippen molar-refractivity contribution in [3.05, 3.63) is 11.9 Å². The first-order valence-electron chi connectivity index (χ1n) is 10.7. The highest BCUT2D eigenvalue weighted by Crippen LogP contribution is 2.36. The molecule has 0 radical (unpaired) electrons. The second-order valence-electron chi connectivity index (χ2n) is 7.85. The van der Waals surface area contributed by atoms with E-state index in [-0.39, 0.29) is 35.9 Å². The van der Waals surface area contributed by atoms with Crippen LogP contribution in [0.5, 0.6) is 0 Å². The summed E-state index contributed by atoms with van der Waals surface area (Å²) in [5.74, 6) is -0.436. The summed E-state index contributed by atoms with van der Waals surface area (Å²) in [6, 6.07) is 1.86. The zero-order valence-electron chi connectivity index (χ0n) is 17.4. The summed E-state index contributed by atoms with van der Waals surface area (Å²) in [7, 11) is 0. The molecule has 5 rings (SSSR count). The molecule has 32 heavy (non-hydrogen) atoms. The van der Waals surface area contributed by atoms with Gasteiger partial charge in [0, 0.05) is 39.3 Å². The second-order valence-corrected chi connectivity index (χ2v) is 9.91. The first-order chi connectivity index (χ1) is 15.6. The van der Waals surface area contributed by atoms with Crippen LogP contribution in [-0.4, -0.2) is 83.9 Å². The number of likely N-dealkylation sites (tertiary alicyclic amines) is 1. The molecule has 2 aliphatic rings. The minimum absolute atomic E-state index is 0.00747. The van der Waals surface area contributed by atoms with Crippen molar-refractivity contribution < 1.29 is 14.0 Å². The van der Waals surface area contributed by atoms with Gasteiger partial charge in [-0.05, 0) is 18.9 Å². The summed E-state index contributed by atoms with van der Waals surface area (Å²) in [4.78, 5) is 36.9. The molecule has 1 aromatic carbocycles. The smallest absolute Gasteiger partial charge is 0.242 e. The summed E-state index contributed by atoms with van der Waals surface area (Å²) < 4.78 is 16.5. The Labute approximate surface area is 192 Å². The van der Waals surface area contributed by atoms with E-state index in [0.29, 0.717) is 32.8 Å². The van der Waals surface area contributed by atoms with Gasteiger partial charge in [-0.1, -0.05) is 22.7 Å². The topological polar surface area (TPSA) is 102 Å². The molecule has 2 amide bonds. The first-order valence-corrected chi connectivity index (χ1v) is 12.4. The number of nitrogens with zero attached hydrogens (tertiary/aromatic N) is 4. The van der Waals surface area contributed by atoms with Crippen LogP contribution < -0.4 is 16.0 Å². The number of aromatic nitrogens is 2. The average molecular weight is 478 g/mol. The van der Waals surface area contributed by atoms with Crippen molar-refractivity contribution in [3.8, 4) is 0 Å². The fourth-order valence-corrected chi connectivity index (χ4v) is 5.83. The summed E-state index contributed by atoms with van der Waals surface area (Å²) in [5.41, 5.74) is 0.483. The summed E-state index contributed by atoms with van der Waals surface area (Å²) in [6.45, 7) is 4.86. The molecule has 3 N–H and O–H groups in total. The molecular formula is C20H24FN7O2S2. The number of rotatable bonds is 6. The van der Waals surface area contributed by atoms with E-state index < -0.39 is 5.82 Å². The molecule has 0 unspecified atom stereocenters. The molecule has 2 aliphatic heterocycles. The lowest BCUT2D eigenvalue weighted by Crippen LogP contribution is -2.48. The maximum absolute atomic E-state index is 15.1. The van der Waals surface area contributed by atoms with Crippen LogP contribution in [0.25, 0.3) is 20.4 Å². The predicted octanol–water partition coefficient (Wildman–Crippen LogP) is 1.92. The number of carbonyl (C=O) groups is 2. The number of hydrogen-bond donors (Lipinski definition) is 3. The Morgan fingerprint density at radius 3 is 1.94 bits per heavy atom. The minimum Gasteiger partial charge on any atom is -0.352 e. The second kappa shape index (κ2) is 9.12. The fourth-order valence-electron chi connectivity index (χ4n) is 3.96. The van der Waals surface area contributed by atoms with Gasteiger partial charge in [0.05, 0.1) is 22.5 Å². The van der Waals surface area contributed by atoms with Gasteiger partial charge < -0.3 is 25.8 Å². The van der Waals surface area contributed by atoms with Crippen molar-refractivity contribution in [1.29, 1.82) is 0 Å². The number of fused-ring (bicyclic) bond motifs is 2. The van der Waals surface area contributed by atoms with Crippen LogP contribution in [0, 0.1) is 5.82 Å². The van der Waals surface area contributed by atoms with E-state index in [1.807, 2.05) is 11.0 Å². The zero-order chi connectivity index (χ0) is 22.1. The van der Waals surface area contributed by atoms with E-state index >= 15 is 4.39 Å². The van der Waals surface area contributed by atoms with Gasteiger partial charge in [-0.3, -0.25) is 9.59 Å². The lowest BCUT2D eigenvalue weighted by molar-refractivity contribution is -0.130. The number of hydrogen-bond acceptors (Lipinski definition) is 9. The van der Waals surface area contributed by atoms with Crippen molar-refractivity contribution in [3.63, 3.8) is 0 Å². The Morgan fingerprint density at radius 2 is 1.41 bits per heavy atom. The number of nitrogens with one attached hydrogen (secondary N) is 3. The number of amides is 2. The average Bonchev–Trinajstić information content (AvgIpc) is 3.56. The van der Waals surface area contributed by atoms with Crippen LogP contribution in [0.4, 0.5) is 14.7 Å². The Hall–Kier alpha value is -2.57. The monoisotopic (exact) mass is 477 g/mol. The van der Waals surface area contributed by atoms with Gasteiger partial charge >= 0.3 is 0 Å². The van der Waals surface area contributed by atoms with Crippen LogP contribution in [0.2, 0.25) is 0 Å². The Balaban J connectivity index is 1.27. The van der Waals surface area contributed by atoms with Crippen LogP contribution in [0.1, 0.15) is 12.8 Å². The molecule has 0 bridgehead atoms. The summed E-state index contributed by atoms with van der Waals surface area (Å²) >= 11 is 2.63. The Morgan fingerprint density at radius 1 is 0.906 bits per heavy atom. The minimum atomic E-state index is -0.481. The standard InChI is InChI=1S/C20H24FN7O2S2/c21-16-17-12(31-19(25-17)23-10-14(29)27-5-1-2-6-27)9-13-18(16)26-20(32-13)24-11-15(30)28-7-3-22-4-8-28/h9,22H,1-8,10-11H2,(H,23,25)(H,24,26). The summed E-state index contributed by atoms with van der Waals surface area (Å²) in [6.07, 6.45) is 2.09. The van der Waals surface area contributed by atoms with Gasteiger partial charge in [0.25, 0.3) is 0 Å². The molecule has 0 aliphatic carbocycles. The van der Waals surface area contributed by atoms with Crippen molar-refractivity contribution in [2.45, 2.75) is 12.8 Å². The molecule has 2 saturated heterocycles. The summed E-state index contributed by atoms with van der Waals surface area (Å²) in [5, 5.41) is 10.3. The van der Waals surface area contributed by atoms with Crippen molar-refractivity contribution >= 4 is 65.2 Å². The number of benzene rings is 1. The van der Waals surface area contributed by atoms with E-state index in [0.717, 1.165) is 39.0 Å². The van der Waals surface area contributed by atoms with Gasteiger partial charge in [0.1, 0.15) is 11.0 Å². The SMILES string of the molecule is O=C(CNc1nc2c(F)c3nc(NCC(=O)N4CCNCC4)sc3cc2s1)N1CCCC1. The van der Waals surface area contributed by atoms with Crippen LogP contribution in [0.15, 0.2) is 6.07 Å². The van der Waals surface area contributed by atoms with Crippen LogP contribution in [0.3, 0.4) is 0 Å². The molecule has 0 atom stereocenters. The van der Waals surface area contributed by atoms with Gasteiger partial charge in [0.2, 0.25) is 11.8 Å². The molecule has 2 fully saturated rings. The van der Waals surface area contributed by atoms with E-state index in [4.69, 9.17) is 0 Å². The molecule has 3 aromatic rings. The predicted molar refractivity (Wildman–Crippen MR) is 125 cm³/mol. The van der Waals surface area contributed by atoms with Crippen molar-refractivity contribution in [2.75, 3.05) is 63.0 Å². The highest BCUT2D eigenvalue weighted by molar-refractivity contribution is 7.24. The molecule has 2 aromatic heterocycles. The number of piperazine rings is 1. The molecule has 9 nitrogen and oxygen atoms in total.